The second kappa shape index (κ2) is 82.1. The summed E-state index contributed by atoms with van der Waals surface area (Å²) in [6, 6.07) is 0. The van der Waals surface area contributed by atoms with Crippen LogP contribution in [0.4, 0.5) is 0 Å². The van der Waals surface area contributed by atoms with Crippen LogP contribution in [0.5, 0.6) is 0 Å². The number of allylic oxidation sites excluding steroid dienone is 30. The van der Waals surface area contributed by atoms with Gasteiger partial charge in [0.2, 0.25) is 0 Å². The molecule has 0 saturated carbocycles. The minimum absolute atomic E-state index is 0.0411. The normalized spacial score (nSPS) is 14.8. The molecule has 620 valence electrons. The molecule has 0 aliphatic heterocycles. The summed E-state index contributed by atoms with van der Waals surface area (Å²) in [5.41, 5.74) is 0. The van der Waals surface area contributed by atoms with Gasteiger partial charge in [-0.25, -0.2) is 9.13 Å². The first-order chi connectivity index (χ1) is 53.2. The second-order valence-corrected chi connectivity index (χ2v) is 30.4. The van der Waals surface area contributed by atoms with Gasteiger partial charge in [-0.1, -0.05) is 319 Å². The van der Waals surface area contributed by atoms with Gasteiger partial charge in [0.05, 0.1) is 26.4 Å². The average molecular weight is 1560 g/mol. The zero-order chi connectivity index (χ0) is 79.4. The van der Waals surface area contributed by atoms with Crippen LogP contribution in [0, 0.1) is 0 Å². The summed E-state index contributed by atoms with van der Waals surface area (Å²) in [4.78, 5) is 58.8. The molecule has 0 amide bonds. The van der Waals surface area contributed by atoms with Crippen LogP contribution in [-0.4, -0.2) is 95.9 Å². The van der Waals surface area contributed by atoms with E-state index >= 15 is 0 Å². The number of ether oxygens (including phenoxy) is 3. The smallest absolute Gasteiger partial charge is 0.463 e. The molecule has 5 atom stereocenters. The van der Waals surface area contributed by atoms with Crippen molar-refractivity contribution in [3.05, 3.63) is 182 Å². The van der Waals surface area contributed by atoms with Crippen molar-refractivity contribution in [2.45, 2.75) is 334 Å². The Balaban J connectivity index is 4.71. The Kier molecular flexibility index (Phi) is 78.1. The summed E-state index contributed by atoms with van der Waals surface area (Å²) >= 11 is 0. The first-order valence-corrected chi connectivity index (χ1v) is 45.1. The number of esters is 3. The standard InChI is InChI=1S/C91H150O16P2/c1-4-7-10-13-16-19-22-25-28-31-34-37-39-41-42-44-46-48-50-53-56-59-62-65-68-71-74-77-89(94)101-80-86(92)81-103-108(97,98)104-82-87(93)83-105-109(99,100)106-85-88(107-91(96)79-76-73-70-67-64-61-58-55-52-47-36-33-30-27-24-21-18-15-12-9-6-3)84-102-90(95)78-75-72-69-66-63-60-57-54-51-49-45-43-40-38-35-32-29-26-23-20-17-14-11-8-5-2/h8-9,11-12,16-21,25-30,34-38,41-43,45,47,55,58,64,67,86-88,92-93H,4-7,10,13-15,22-24,31-33,39-40,44,46,48-54,56-57,59-63,65-66,68-85H2,1-3H3,(H,97,98)(H,99,100)/b11-8-,12-9-,19-16-,20-17-,21-18-,28-25-,29-26-,30-27-,37-34-,38-35-,42-41-,45-43-,47-36-,58-55-,67-64-. The molecule has 0 aliphatic carbocycles. The Morgan fingerprint density at radius 2 is 0.486 bits per heavy atom. The Labute approximate surface area is 662 Å². The molecule has 0 heterocycles. The quantitative estimate of drug-likeness (QED) is 0.0146. The lowest BCUT2D eigenvalue weighted by atomic mass is 10.0. The van der Waals surface area contributed by atoms with Crippen LogP contribution in [0.2, 0.25) is 0 Å². The number of phosphoric acid groups is 2. The van der Waals surface area contributed by atoms with E-state index in [1.807, 2.05) is 0 Å². The Morgan fingerprint density at radius 1 is 0.266 bits per heavy atom. The minimum Gasteiger partial charge on any atom is -0.463 e. The molecular weight excluding hydrogens is 1410 g/mol. The van der Waals surface area contributed by atoms with Crippen molar-refractivity contribution < 1.29 is 75.8 Å². The topological polar surface area (TPSA) is 231 Å². The van der Waals surface area contributed by atoms with Gasteiger partial charge in [0, 0.05) is 19.3 Å². The molecule has 4 N–H and O–H groups in total. The van der Waals surface area contributed by atoms with Gasteiger partial charge >= 0.3 is 33.6 Å². The molecule has 0 aliphatic rings. The van der Waals surface area contributed by atoms with Gasteiger partial charge in [0.1, 0.15) is 25.4 Å². The summed E-state index contributed by atoms with van der Waals surface area (Å²) in [6.45, 7) is 2.37. The van der Waals surface area contributed by atoms with Gasteiger partial charge in [-0.2, -0.15) is 0 Å². The van der Waals surface area contributed by atoms with E-state index in [9.17, 15) is 43.5 Å². The fourth-order valence-electron chi connectivity index (χ4n) is 10.8. The fraction of sp³-hybridized carbons (Fsp3) is 0.637. The highest BCUT2D eigenvalue weighted by molar-refractivity contribution is 7.47. The van der Waals surface area contributed by atoms with Gasteiger partial charge in [0.25, 0.3) is 0 Å². The number of aliphatic hydroxyl groups excluding tert-OH is 2. The maximum atomic E-state index is 13.0. The summed E-state index contributed by atoms with van der Waals surface area (Å²) in [7, 11) is -9.83. The Bertz CT molecular complexity index is 2710. The zero-order valence-corrected chi connectivity index (χ0v) is 69.7. The minimum atomic E-state index is -4.96. The van der Waals surface area contributed by atoms with Gasteiger partial charge in [0.15, 0.2) is 6.10 Å². The van der Waals surface area contributed by atoms with Gasteiger partial charge in [-0.3, -0.25) is 32.5 Å². The van der Waals surface area contributed by atoms with Crippen LogP contribution < -0.4 is 0 Å². The largest absolute Gasteiger partial charge is 0.472 e. The number of hydrogen-bond acceptors (Lipinski definition) is 14. The zero-order valence-electron chi connectivity index (χ0n) is 67.9. The van der Waals surface area contributed by atoms with Crippen molar-refractivity contribution in [3.63, 3.8) is 0 Å². The number of phosphoric ester groups is 2. The third-order valence-corrected chi connectivity index (χ3v) is 19.0. The molecular formula is C91H150O16P2. The van der Waals surface area contributed by atoms with Crippen molar-refractivity contribution in [3.8, 4) is 0 Å². The van der Waals surface area contributed by atoms with Crippen LogP contribution in [0.3, 0.4) is 0 Å². The first kappa shape index (κ1) is 104. The third-order valence-electron chi connectivity index (χ3n) is 17.1. The van der Waals surface area contributed by atoms with E-state index in [1.54, 1.807) is 0 Å². The molecule has 109 heavy (non-hydrogen) atoms. The monoisotopic (exact) mass is 1560 g/mol. The second-order valence-electron chi connectivity index (χ2n) is 27.5. The van der Waals surface area contributed by atoms with Crippen LogP contribution in [0.25, 0.3) is 0 Å². The van der Waals surface area contributed by atoms with E-state index < -0.39 is 91.5 Å². The number of unbranched alkanes of at least 4 members (excludes halogenated alkanes) is 25. The molecule has 0 bridgehead atoms. The molecule has 0 radical (unpaired) electrons. The van der Waals surface area contributed by atoms with Crippen LogP contribution >= 0.6 is 15.6 Å². The molecule has 16 nitrogen and oxygen atoms in total. The van der Waals surface area contributed by atoms with Gasteiger partial charge in [-0.15, -0.1) is 0 Å². The molecule has 0 aromatic rings. The maximum Gasteiger partial charge on any atom is 0.472 e. The van der Waals surface area contributed by atoms with E-state index in [0.29, 0.717) is 25.7 Å². The van der Waals surface area contributed by atoms with E-state index in [-0.39, 0.29) is 19.3 Å². The first-order valence-electron chi connectivity index (χ1n) is 42.1. The molecule has 18 heteroatoms. The lowest BCUT2D eigenvalue weighted by Gasteiger charge is -2.21. The third kappa shape index (κ3) is 83.4. The van der Waals surface area contributed by atoms with E-state index in [4.69, 9.17) is 32.3 Å². The molecule has 0 aromatic carbocycles. The molecule has 0 spiro atoms. The van der Waals surface area contributed by atoms with Gasteiger partial charge in [-0.05, 0) is 161 Å². The molecule has 0 fully saturated rings. The summed E-state index contributed by atoms with van der Waals surface area (Å²) in [5.74, 6) is -1.64. The highest BCUT2D eigenvalue weighted by Crippen LogP contribution is 2.45. The fourth-order valence-corrected chi connectivity index (χ4v) is 12.3. The molecule has 0 rings (SSSR count). The summed E-state index contributed by atoms with van der Waals surface area (Å²) in [6.07, 6.45) is 106. The van der Waals surface area contributed by atoms with Gasteiger partial charge < -0.3 is 34.2 Å². The SMILES string of the molecule is CC/C=C\C/C=C\C/C=C\C/C=C\C/C=C\C/C=C\CCCCC(=O)OC(COC(=O)CCCCCCCCCCC/C=C\C/C=C\C/C=C\C/C=C\C/C=C\CC)COP(=O)(O)OCC(O)COP(=O)(O)OCC(O)COC(=O)CCCCCCCCCCCCC/C=C\C/C=C\C/C=C\C/C=C\CCCCC. The Hall–Kier alpha value is -5.35. The van der Waals surface area contributed by atoms with Crippen molar-refractivity contribution in [1.82, 2.24) is 0 Å². The number of hydrogen-bond donors (Lipinski definition) is 4. The molecule has 0 aromatic heterocycles. The highest BCUT2D eigenvalue weighted by atomic mass is 31.2. The van der Waals surface area contributed by atoms with Crippen molar-refractivity contribution in [1.29, 1.82) is 0 Å². The lowest BCUT2D eigenvalue weighted by molar-refractivity contribution is -0.161. The van der Waals surface area contributed by atoms with E-state index in [0.717, 1.165) is 154 Å². The van der Waals surface area contributed by atoms with Crippen molar-refractivity contribution in [2.24, 2.45) is 0 Å². The van der Waals surface area contributed by atoms with Crippen LogP contribution in [0.15, 0.2) is 182 Å². The molecule has 5 unspecified atom stereocenters. The van der Waals surface area contributed by atoms with Crippen LogP contribution in [-0.2, 0) is 55.8 Å². The number of carbonyl (C=O) groups is 3. The highest BCUT2D eigenvalue weighted by Gasteiger charge is 2.29. The number of carbonyl (C=O) groups excluding carboxylic acids is 3. The van der Waals surface area contributed by atoms with Crippen molar-refractivity contribution in [2.75, 3.05) is 39.6 Å². The maximum absolute atomic E-state index is 13.0. The summed E-state index contributed by atoms with van der Waals surface area (Å²) < 4.78 is 61.3. The van der Waals surface area contributed by atoms with E-state index in [1.165, 1.54) is 96.3 Å². The van der Waals surface area contributed by atoms with Crippen LogP contribution in [0.1, 0.15) is 316 Å². The summed E-state index contributed by atoms with van der Waals surface area (Å²) in [5, 5.41) is 20.7. The van der Waals surface area contributed by atoms with Crippen molar-refractivity contribution >= 4 is 33.6 Å². The molecule has 0 saturated heterocycles. The number of aliphatic hydroxyl groups is 2. The predicted octanol–water partition coefficient (Wildman–Crippen LogP) is 25.3. The lowest BCUT2D eigenvalue weighted by Crippen LogP contribution is -2.30. The predicted molar refractivity (Wildman–Crippen MR) is 454 cm³/mol. The number of rotatable bonds is 78. The van der Waals surface area contributed by atoms with E-state index in [2.05, 4.69) is 203 Å². The average Bonchev–Trinajstić information content (AvgIpc) is 0.903. The Morgan fingerprint density at radius 3 is 0.789 bits per heavy atom.